The number of esters is 1. The Hall–Kier alpha value is -1.94. The van der Waals surface area contributed by atoms with E-state index in [0.717, 1.165) is 5.56 Å². The second-order valence-electron chi connectivity index (χ2n) is 3.51. The van der Waals surface area contributed by atoms with Crippen LogP contribution in [0.25, 0.3) is 11.3 Å². The fourth-order valence-electron chi connectivity index (χ4n) is 1.52. The van der Waals surface area contributed by atoms with Crippen LogP contribution in [0.3, 0.4) is 0 Å². The molecule has 1 aromatic carbocycles. The topological polar surface area (TPSA) is 52.1 Å². The van der Waals surface area contributed by atoms with E-state index in [1.165, 1.54) is 0 Å². The van der Waals surface area contributed by atoms with Crippen molar-refractivity contribution in [2.45, 2.75) is 6.92 Å². The smallest absolute Gasteiger partial charge is 0.338 e. The van der Waals surface area contributed by atoms with Crippen LogP contribution in [0.5, 0.6) is 0 Å². The quantitative estimate of drug-likeness (QED) is 0.630. The molecule has 0 unspecified atom stereocenters. The molecule has 1 heterocycles. The minimum Gasteiger partial charge on any atom is -0.462 e. The Morgan fingerprint density at radius 1 is 1.39 bits per heavy atom. The number of aromatic nitrogens is 2. The molecule has 0 amide bonds. The van der Waals surface area contributed by atoms with Crippen LogP contribution < -0.4 is 0 Å². The number of nitrogens with zero attached hydrogens (tertiary/aromatic N) is 2. The number of carbonyl (C=O) groups is 1. The zero-order valence-corrected chi connectivity index (χ0v) is 10.5. The first-order chi connectivity index (χ1) is 8.70. The predicted octanol–water partition coefficient (Wildman–Crippen LogP) is 2.97. The molecule has 2 aromatic rings. The molecule has 0 saturated heterocycles. The molecule has 0 fully saturated rings. The Balaban J connectivity index is 2.35. The van der Waals surface area contributed by atoms with Gasteiger partial charge in [0.25, 0.3) is 0 Å². The Labute approximate surface area is 110 Å². The van der Waals surface area contributed by atoms with E-state index in [0.29, 0.717) is 17.9 Å². The molecule has 0 aliphatic rings. The van der Waals surface area contributed by atoms with Gasteiger partial charge in [0.1, 0.15) is 0 Å². The Morgan fingerprint density at radius 3 is 2.94 bits per heavy atom. The van der Waals surface area contributed by atoms with E-state index in [2.05, 4.69) is 9.97 Å². The monoisotopic (exact) mass is 262 g/mol. The molecule has 2 rings (SSSR count). The Bertz CT molecular complexity index is 572. The first-order valence-corrected chi connectivity index (χ1v) is 5.84. The van der Waals surface area contributed by atoms with Gasteiger partial charge in [0, 0.05) is 11.8 Å². The zero-order valence-electron chi connectivity index (χ0n) is 9.76. The lowest BCUT2D eigenvalue weighted by molar-refractivity contribution is 0.0526. The van der Waals surface area contributed by atoms with Gasteiger partial charge < -0.3 is 4.74 Å². The number of ether oxygens (including phenoxy) is 1. The Morgan fingerprint density at radius 2 is 2.22 bits per heavy atom. The highest BCUT2D eigenvalue weighted by molar-refractivity contribution is 6.28. The number of halogens is 1. The highest BCUT2D eigenvalue weighted by Gasteiger charge is 2.08. The minimum absolute atomic E-state index is 0.175. The second-order valence-corrected chi connectivity index (χ2v) is 3.85. The fraction of sp³-hybridized carbons (Fsp3) is 0.154. The molecule has 0 aliphatic carbocycles. The van der Waals surface area contributed by atoms with Gasteiger partial charge in [0.2, 0.25) is 5.28 Å². The van der Waals surface area contributed by atoms with Gasteiger partial charge in [0.05, 0.1) is 17.9 Å². The van der Waals surface area contributed by atoms with Crippen molar-refractivity contribution in [1.82, 2.24) is 9.97 Å². The van der Waals surface area contributed by atoms with E-state index < -0.39 is 0 Å². The molecule has 92 valence electrons. The van der Waals surface area contributed by atoms with E-state index in [-0.39, 0.29) is 11.3 Å². The van der Waals surface area contributed by atoms with Crippen LogP contribution in [-0.2, 0) is 4.74 Å². The third-order valence-corrected chi connectivity index (χ3v) is 2.48. The van der Waals surface area contributed by atoms with Crippen LogP contribution in [0.15, 0.2) is 36.5 Å². The lowest BCUT2D eigenvalue weighted by Gasteiger charge is -2.04. The van der Waals surface area contributed by atoms with Crippen molar-refractivity contribution in [3.05, 3.63) is 47.4 Å². The standard InChI is InChI=1S/C13H11ClN2O2/c1-2-18-12(17)10-5-3-4-9(8-10)11-6-7-15-13(14)16-11/h3-8H,2H2,1H3. The SMILES string of the molecule is CCOC(=O)c1cccc(-c2ccnc(Cl)n2)c1. The maximum Gasteiger partial charge on any atom is 0.338 e. The van der Waals surface area contributed by atoms with E-state index >= 15 is 0 Å². The molecule has 4 nitrogen and oxygen atoms in total. The fourth-order valence-corrected chi connectivity index (χ4v) is 1.66. The minimum atomic E-state index is -0.348. The number of rotatable bonds is 3. The van der Waals surface area contributed by atoms with Crippen molar-refractivity contribution in [3.8, 4) is 11.3 Å². The highest BCUT2D eigenvalue weighted by atomic mass is 35.5. The summed E-state index contributed by atoms with van der Waals surface area (Å²) in [5.74, 6) is -0.348. The number of carbonyl (C=O) groups excluding carboxylic acids is 1. The van der Waals surface area contributed by atoms with E-state index in [1.54, 1.807) is 37.4 Å². The van der Waals surface area contributed by atoms with Crippen molar-refractivity contribution in [2.24, 2.45) is 0 Å². The van der Waals surface area contributed by atoms with Gasteiger partial charge in [-0.05, 0) is 36.7 Å². The molecule has 0 radical (unpaired) electrons. The van der Waals surface area contributed by atoms with E-state index in [4.69, 9.17) is 16.3 Å². The van der Waals surface area contributed by atoms with Crippen LogP contribution in [0, 0.1) is 0 Å². The molecule has 1 aromatic heterocycles. The van der Waals surface area contributed by atoms with Gasteiger partial charge >= 0.3 is 5.97 Å². The predicted molar refractivity (Wildman–Crippen MR) is 68.4 cm³/mol. The maximum atomic E-state index is 11.6. The van der Waals surface area contributed by atoms with Crippen LogP contribution in [0.2, 0.25) is 5.28 Å². The summed E-state index contributed by atoms with van der Waals surface area (Å²) in [5, 5.41) is 0.175. The highest BCUT2D eigenvalue weighted by Crippen LogP contribution is 2.19. The summed E-state index contributed by atoms with van der Waals surface area (Å²) in [6, 6.07) is 8.77. The van der Waals surface area contributed by atoms with Crippen molar-refractivity contribution in [1.29, 1.82) is 0 Å². The zero-order chi connectivity index (χ0) is 13.0. The average molecular weight is 263 g/mol. The summed E-state index contributed by atoms with van der Waals surface area (Å²) in [6.45, 7) is 2.12. The maximum absolute atomic E-state index is 11.6. The largest absolute Gasteiger partial charge is 0.462 e. The van der Waals surface area contributed by atoms with Crippen LogP contribution in [0.4, 0.5) is 0 Å². The molecule has 0 bridgehead atoms. The third kappa shape index (κ3) is 2.84. The summed E-state index contributed by atoms with van der Waals surface area (Å²) in [7, 11) is 0. The lowest BCUT2D eigenvalue weighted by atomic mass is 10.1. The third-order valence-electron chi connectivity index (χ3n) is 2.30. The molecule has 18 heavy (non-hydrogen) atoms. The van der Waals surface area contributed by atoms with Crippen molar-refractivity contribution in [2.75, 3.05) is 6.61 Å². The Kier molecular flexibility index (Phi) is 3.89. The number of hydrogen-bond acceptors (Lipinski definition) is 4. The lowest BCUT2D eigenvalue weighted by Crippen LogP contribution is -2.04. The summed E-state index contributed by atoms with van der Waals surface area (Å²) >= 11 is 5.73. The van der Waals surface area contributed by atoms with Crippen molar-refractivity contribution < 1.29 is 9.53 Å². The van der Waals surface area contributed by atoms with E-state index in [1.807, 2.05) is 6.07 Å². The number of hydrogen-bond donors (Lipinski definition) is 0. The van der Waals surface area contributed by atoms with Gasteiger partial charge in [0.15, 0.2) is 0 Å². The molecule has 0 aliphatic heterocycles. The summed E-state index contributed by atoms with van der Waals surface area (Å²) in [4.78, 5) is 19.5. The van der Waals surface area contributed by atoms with Crippen LogP contribution >= 0.6 is 11.6 Å². The van der Waals surface area contributed by atoms with Crippen molar-refractivity contribution >= 4 is 17.6 Å². The first kappa shape index (κ1) is 12.5. The second kappa shape index (κ2) is 5.60. The molecule has 0 saturated carbocycles. The summed E-state index contributed by atoms with van der Waals surface area (Å²) in [6.07, 6.45) is 1.57. The molecule has 0 atom stereocenters. The van der Waals surface area contributed by atoms with E-state index in [9.17, 15) is 4.79 Å². The molecular weight excluding hydrogens is 252 g/mol. The summed E-state index contributed by atoms with van der Waals surface area (Å²) in [5.41, 5.74) is 1.95. The molecule has 0 N–H and O–H groups in total. The van der Waals surface area contributed by atoms with Gasteiger partial charge in [-0.25, -0.2) is 14.8 Å². The molecule has 0 spiro atoms. The average Bonchev–Trinajstić information content (AvgIpc) is 2.39. The van der Waals surface area contributed by atoms with Crippen LogP contribution in [-0.4, -0.2) is 22.5 Å². The summed E-state index contributed by atoms with van der Waals surface area (Å²) < 4.78 is 4.94. The van der Waals surface area contributed by atoms with Crippen LogP contribution in [0.1, 0.15) is 17.3 Å². The molecule has 5 heteroatoms. The van der Waals surface area contributed by atoms with Gasteiger partial charge in [-0.15, -0.1) is 0 Å². The van der Waals surface area contributed by atoms with Gasteiger partial charge in [-0.2, -0.15) is 0 Å². The molecular formula is C13H11ClN2O2. The first-order valence-electron chi connectivity index (χ1n) is 5.47. The normalized spacial score (nSPS) is 10.1. The van der Waals surface area contributed by atoms with Gasteiger partial charge in [-0.3, -0.25) is 0 Å². The number of benzene rings is 1. The van der Waals surface area contributed by atoms with Gasteiger partial charge in [-0.1, -0.05) is 12.1 Å². The van der Waals surface area contributed by atoms with Crippen molar-refractivity contribution in [3.63, 3.8) is 0 Å².